The van der Waals surface area contributed by atoms with Crippen molar-refractivity contribution in [3.8, 4) is 0 Å². The van der Waals surface area contributed by atoms with Gasteiger partial charge in [-0.15, -0.1) is 11.3 Å². The first-order chi connectivity index (χ1) is 19.2. The number of ether oxygens (including phenoxy) is 1. The smallest absolute Gasteiger partial charge is 0.357 e. The maximum Gasteiger partial charge on any atom is 0.357 e. The van der Waals surface area contributed by atoms with Crippen LogP contribution in [-0.2, 0) is 20.7 Å². The molecule has 1 fully saturated rings. The first kappa shape index (κ1) is 30.9. The molecule has 0 radical (unpaired) electrons. The van der Waals surface area contributed by atoms with Crippen molar-refractivity contribution in [2.75, 3.05) is 26.7 Å². The molecular weight excluding hydrogens is 534 g/mol. The second-order valence-corrected chi connectivity index (χ2v) is 10.3. The number of hydrogen-bond donors (Lipinski definition) is 5. The van der Waals surface area contributed by atoms with Gasteiger partial charge in [0.1, 0.15) is 0 Å². The quantitative estimate of drug-likeness (QED) is 0.0724. The minimum absolute atomic E-state index is 0.0602. The number of nitrogens with zero attached hydrogens (tertiary/aromatic N) is 2. The SMILES string of the molecule is CCOC(=O)c1csc(C(=O)[C@H](CCCNC(=N)N)N2CCC[C@H]2C(=O)NC(=O)[C@@H](Cc2ccccc2)NC)n1. The number of amides is 2. The molecule has 3 rings (SSSR count). The maximum atomic E-state index is 13.7. The Morgan fingerprint density at radius 1 is 1.25 bits per heavy atom. The van der Waals surface area contributed by atoms with Gasteiger partial charge in [-0.25, -0.2) is 9.78 Å². The lowest BCUT2D eigenvalue weighted by Crippen LogP contribution is -2.54. The number of ketones is 1. The van der Waals surface area contributed by atoms with Gasteiger partial charge in [-0.2, -0.15) is 0 Å². The standard InChI is InChI=1S/C27H37N7O5S/c1-3-39-26(38)19-16-40-25(32-19)22(35)20(11-7-13-31-27(28)29)34-14-8-12-21(34)24(37)33-23(36)18(30-2)15-17-9-5-4-6-10-17/h4-6,9-10,16,18,20-21,30H,3,7-8,11-15H2,1-2H3,(H4,28,29,31)(H,33,36,37)/t18-,20+,21+/m1/s1. The monoisotopic (exact) mass is 571 g/mol. The van der Waals surface area contributed by atoms with Crippen molar-refractivity contribution in [3.63, 3.8) is 0 Å². The van der Waals surface area contributed by atoms with Gasteiger partial charge in [-0.05, 0) is 58.2 Å². The van der Waals surface area contributed by atoms with E-state index in [1.165, 1.54) is 5.38 Å². The summed E-state index contributed by atoms with van der Waals surface area (Å²) in [5.74, 6) is -1.98. The minimum Gasteiger partial charge on any atom is -0.461 e. The normalized spacial score (nSPS) is 16.6. The molecule has 12 nitrogen and oxygen atoms in total. The summed E-state index contributed by atoms with van der Waals surface area (Å²) in [5.41, 5.74) is 6.40. The Bertz CT molecular complexity index is 1190. The van der Waals surface area contributed by atoms with Crippen molar-refractivity contribution < 1.29 is 23.9 Å². The van der Waals surface area contributed by atoms with Crippen LogP contribution in [0.25, 0.3) is 0 Å². The molecule has 40 heavy (non-hydrogen) atoms. The first-order valence-corrected chi connectivity index (χ1v) is 14.2. The zero-order chi connectivity index (χ0) is 29.1. The van der Waals surface area contributed by atoms with Crippen molar-refractivity contribution in [1.82, 2.24) is 25.8 Å². The largest absolute Gasteiger partial charge is 0.461 e. The Balaban J connectivity index is 1.74. The number of aromatic nitrogens is 1. The number of carbonyl (C=O) groups excluding carboxylic acids is 4. The molecule has 0 bridgehead atoms. The van der Waals surface area contributed by atoms with Gasteiger partial charge in [0.2, 0.25) is 17.6 Å². The predicted molar refractivity (Wildman–Crippen MR) is 151 cm³/mol. The van der Waals surface area contributed by atoms with Gasteiger partial charge in [-0.3, -0.25) is 30.0 Å². The first-order valence-electron chi connectivity index (χ1n) is 13.3. The van der Waals surface area contributed by atoms with E-state index in [2.05, 4.69) is 20.9 Å². The van der Waals surface area contributed by atoms with Crippen LogP contribution in [0.3, 0.4) is 0 Å². The van der Waals surface area contributed by atoms with E-state index >= 15 is 0 Å². The number of nitrogens with two attached hydrogens (primary N) is 1. The number of esters is 1. The van der Waals surface area contributed by atoms with Gasteiger partial charge < -0.3 is 21.1 Å². The molecular formula is C27H37N7O5S. The van der Waals surface area contributed by atoms with Crippen LogP contribution in [0.5, 0.6) is 0 Å². The van der Waals surface area contributed by atoms with E-state index in [9.17, 15) is 19.2 Å². The fourth-order valence-corrected chi connectivity index (χ4v) is 5.48. The number of nitrogens with one attached hydrogen (secondary N) is 4. The lowest BCUT2D eigenvalue weighted by Gasteiger charge is -2.31. The molecule has 0 unspecified atom stereocenters. The van der Waals surface area contributed by atoms with Crippen LogP contribution in [0.1, 0.15) is 58.5 Å². The van der Waals surface area contributed by atoms with Crippen LogP contribution >= 0.6 is 11.3 Å². The Morgan fingerprint density at radius 3 is 2.67 bits per heavy atom. The number of imide groups is 1. The third kappa shape index (κ3) is 8.41. The number of carbonyl (C=O) groups is 4. The number of guanidine groups is 1. The number of benzene rings is 1. The van der Waals surface area contributed by atoms with E-state index in [4.69, 9.17) is 15.9 Å². The number of likely N-dealkylation sites (tertiary alicyclic amines) is 1. The molecule has 6 N–H and O–H groups in total. The number of hydrogen-bond acceptors (Lipinski definition) is 10. The number of Topliss-reactive ketones (excluding diaryl/α,β-unsaturated/α-hetero) is 1. The molecule has 2 heterocycles. The molecule has 1 aliphatic rings. The molecule has 1 saturated heterocycles. The van der Waals surface area contributed by atoms with Crippen molar-refractivity contribution in [1.29, 1.82) is 5.41 Å². The summed E-state index contributed by atoms with van der Waals surface area (Å²) < 4.78 is 4.99. The highest BCUT2D eigenvalue weighted by atomic mass is 32.1. The molecule has 13 heteroatoms. The fraction of sp³-hybridized carbons (Fsp3) is 0.481. The molecule has 2 aromatic rings. The Hall–Kier alpha value is -3.68. The summed E-state index contributed by atoms with van der Waals surface area (Å²) in [5, 5.41) is 17.2. The average Bonchev–Trinajstić information content (AvgIpc) is 3.62. The summed E-state index contributed by atoms with van der Waals surface area (Å²) in [7, 11) is 1.67. The molecule has 1 aromatic heterocycles. The van der Waals surface area contributed by atoms with Crippen LogP contribution < -0.4 is 21.7 Å². The van der Waals surface area contributed by atoms with Crippen LogP contribution in [-0.4, -0.2) is 84.3 Å². The third-order valence-electron chi connectivity index (χ3n) is 6.66. The second kappa shape index (κ2) is 15.2. The lowest BCUT2D eigenvalue weighted by atomic mass is 10.0. The van der Waals surface area contributed by atoms with E-state index in [-0.39, 0.29) is 29.1 Å². The van der Waals surface area contributed by atoms with Crippen LogP contribution in [0, 0.1) is 5.41 Å². The van der Waals surface area contributed by atoms with Crippen molar-refractivity contribution >= 4 is 40.9 Å². The van der Waals surface area contributed by atoms with Crippen molar-refractivity contribution in [3.05, 3.63) is 52.0 Å². The van der Waals surface area contributed by atoms with Gasteiger partial charge >= 0.3 is 5.97 Å². The summed E-state index contributed by atoms with van der Waals surface area (Å²) in [4.78, 5) is 58.1. The van der Waals surface area contributed by atoms with Crippen molar-refractivity contribution in [2.45, 2.75) is 57.2 Å². The Morgan fingerprint density at radius 2 is 2.00 bits per heavy atom. The van der Waals surface area contributed by atoms with E-state index in [1.54, 1.807) is 14.0 Å². The zero-order valence-electron chi connectivity index (χ0n) is 22.8. The predicted octanol–water partition coefficient (Wildman–Crippen LogP) is 1.07. The highest BCUT2D eigenvalue weighted by molar-refractivity contribution is 7.12. The summed E-state index contributed by atoms with van der Waals surface area (Å²) in [6.45, 7) is 2.73. The van der Waals surface area contributed by atoms with Gasteiger partial charge in [0, 0.05) is 11.9 Å². The van der Waals surface area contributed by atoms with Crippen molar-refractivity contribution in [2.24, 2.45) is 5.73 Å². The number of rotatable bonds is 14. The Kier molecular flexibility index (Phi) is 11.7. The molecule has 1 aliphatic heterocycles. The molecule has 0 saturated carbocycles. The summed E-state index contributed by atoms with van der Waals surface area (Å²) in [6.07, 6.45) is 2.44. The Labute approximate surface area is 237 Å². The molecule has 2 amide bonds. The number of thiazole rings is 1. The van der Waals surface area contributed by atoms with E-state index in [1.807, 2.05) is 35.2 Å². The zero-order valence-corrected chi connectivity index (χ0v) is 23.6. The fourth-order valence-electron chi connectivity index (χ4n) is 4.71. The topological polar surface area (TPSA) is 180 Å². The molecule has 0 aliphatic carbocycles. The van der Waals surface area contributed by atoms with E-state index in [0.717, 1.165) is 16.9 Å². The highest BCUT2D eigenvalue weighted by Crippen LogP contribution is 2.26. The number of likely N-dealkylation sites (N-methyl/N-ethyl adjacent to an activating group) is 1. The molecule has 3 atom stereocenters. The highest BCUT2D eigenvalue weighted by Gasteiger charge is 2.40. The molecule has 216 valence electrons. The minimum atomic E-state index is -0.715. The second-order valence-electron chi connectivity index (χ2n) is 9.40. The van der Waals surface area contributed by atoms with Crippen LogP contribution in [0.4, 0.5) is 0 Å². The van der Waals surface area contributed by atoms with Gasteiger partial charge in [0.15, 0.2) is 16.7 Å². The third-order valence-corrected chi connectivity index (χ3v) is 7.52. The van der Waals surface area contributed by atoms with Crippen LogP contribution in [0.2, 0.25) is 0 Å². The maximum absolute atomic E-state index is 13.7. The van der Waals surface area contributed by atoms with Gasteiger partial charge in [0.05, 0.1) is 24.7 Å². The van der Waals surface area contributed by atoms with Gasteiger partial charge in [-0.1, -0.05) is 30.3 Å². The molecule has 0 spiro atoms. The van der Waals surface area contributed by atoms with Gasteiger partial charge in [0.25, 0.3) is 0 Å². The van der Waals surface area contributed by atoms with E-state index in [0.29, 0.717) is 45.2 Å². The van der Waals surface area contributed by atoms with Crippen LogP contribution in [0.15, 0.2) is 35.7 Å². The molecule has 1 aromatic carbocycles. The average molecular weight is 572 g/mol. The summed E-state index contributed by atoms with van der Waals surface area (Å²) in [6, 6.07) is 7.51. The van der Waals surface area contributed by atoms with E-state index < -0.39 is 35.9 Å². The lowest BCUT2D eigenvalue weighted by molar-refractivity contribution is -0.134. The summed E-state index contributed by atoms with van der Waals surface area (Å²) >= 11 is 1.05.